The molecule has 1 aromatic carbocycles. The standard InChI is InChI=1S/C12H18N2O4S2/c13-19(15,16)11-7-4-8-12(9-11)20(17,18)14-10-5-2-1-3-6-10/h4,7-10,14H,1-3,5-6H2,(H2,13,15,16). The summed E-state index contributed by atoms with van der Waals surface area (Å²) in [5, 5.41) is 5.01. The number of hydrogen-bond acceptors (Lipinski definition) is 4. The Labute approximate surface area is 119 Å². The molecule has 1 aromatic rings. The van der Waals surface area contributed by atoms with Crippen molar-refractivity contribution >= 4 is 20.0 Å². The van der Waals surface area contributed by atoms with E-state index >= 15 is 0 Å². The average molecular weight is 318 g/mol. The molecule has 8 heteroatoms. The number of sulfonamides is 2. The molecule has 6 nitrogen and oxygen atoms in total. The van der Waals surface area contributed by atoms with Gasteiger partial charge in [-0.25, -0.2) is 26.7 Å². The summed E-state index contributed by atoms with van der Waals surface area (Å²) >= 11 is 0. The van der Waals surface area contributed by atoms with E-state index in [4.69, 9.17) is 5.14 Å². The van der Waals surface area contributed by atoms with Crippen molar-refractivity contribution in [2.45, 2.75) is 47.9 Å². The predicted octanol–water partition coefficient (Wildman–Crippen LogP) is 0.945. The molecule has 1 saturated carbocycles. The van der Waals surface area contributed by atoms with Crippen LogP contribution in [0.15, 0.2) is 34.1 Å². The first-order chi connectivity index (χ1) is 9.29. The predicted molar refractivity (Wildman–Crippen MR) is 75.0 cm³/mol. The van der Waals surface area contributed by atoms with Gasteiger partial charge in [0.05, 0.1) is 9.79 Å². The lowest BCUT2D eigenvalue weighted by Gasteiger charge is -2.22. The van der Waals surface area contributed by atoms with E-state index in [9.17, 15) is 16.8 Å². The van der Waals surface area contributed by atoms with Crippen molar-refractivity contribution < 1.29 is 16.8 Å². The molecule has 0 unspecified atom stereocenters. The maximum absolute atomic E-state index is 12.2. The first-order valence-corrected chi connectivity index (χ1v) is 9.47. The molecular weight excluding hydrogens is 300 g/mol. The Morgan fingerprint density at radius 3 is 2.20 bits per heavy atom. The van der Waals surface area contributed by atoms with Gasteiger partial charge < -0.3 is 0 Å². The second-order valence-electron chi connectivity index (χ2n) is 4.98. The highest BCUT2D eigenvalue weighted by Crippen LogP contribution is 2.21. The Kier molecular flexibility index (Phi) is 4.48. The monoisotopic (exact) mass is 318 g/mol. The lowest BCUT2D eigenvalue weighted by molar-refractivity contribution is 0.412. The molecule has 112 valence electrons. The number of nitrogens with two attached hydrogens (primary N) is 1. The fourth-order valence-electron chi connectivity index (χ4n) is 2.33. The largest absolute Gasteiger partial charge is 0.240 e. The van der Waals surface area contributed by atoms with Crippen LogP contribution in [0.4, 0.5) is 0 Å². The van der Waals surface area contributed by atoms with Gasteiger partial charge >= 0.3 is 0 Å². The van der Waals surface area contributed by atoms with Crippen molar-refractivity contribution in [3.05, 3.63) is 24.3 Å². The highest BCUT2D eigenvalue weighted by Gasteiger charge is 2.22. The van der Waals surface area contributed by atoms with Crippen LogP contribution in [-0.4, -0.2) is 22.9 Å². The summed E-state index contributed by atoms with van der Waals surface area (Å²) in [6.45, 7) is 0. The van der Waals surface area contributed by atoms with Crippen LogP contribution in [0.5, 0.6) is 0 Å². The molecule has 0 amide bonds. The van der Waals surface area contributed by atoms with Gasteiger partial charge in [-0.2, -0.15) is 0 Å². The molecule has 2 rings (SSSR count). The smallest absolute Gasteiger partial charge is 0.225 e. The zero-order chi connectivity index (χ0) is 14.8. The van der Waals surface area contributed by atoms with Crippen molar-refractivity contribution in [2.24, 2.45) is 5.14 Å². The van der Waals surface area contributed by atoms with Gasteiger partial charge in [-0.05, 0) is 31.0 Å². The minimum absolute atomic E-state index is 0.0744. The van der Waals surface area contributed by atoms with Gasteiger partial charge in [-0.1, -0.05) is 25.3 Å². The lowest BCUT2D eigenvalue weighted by Crippen LogP contribution is -2.36. The molecule has 0 radical (unpaired) electrons. The van der Waals surface area contributed by atoms with E-state index in [1.165, 1.54) is 18.2 Å². The van der Waals surface area contributed by atoms with E-state index in [-0.39, 0.29) is 15.8 Å². The highest BCUT2D eigenvalue weighted by atomic mass is 32.2. The van der Waals surface area contributed by atoms with E-state index in [0.29, 0.717) is 0 Å². The second-order valence-corrected chi connectivity index (χ2v) is 8.25. The summed E-state index contributed by atoms with van der Waals surface area (Å²) in [6, 6.07) is 5.01. The van der Waals surface area contributed by atoms with Crippen LogP contribution < -0.4 is 9.86 Å². The van der Waals surface area contributed by atoms with Crippen molar-refractivity contribution in [2.75, 3.05) is 0 Å². The maximum Gasteiger partial charge on any atom is 0.240 e. The molecule has 0 atom stereocenters. The van der Waals surface area contributed by atoms with E-state index in [1.807, 2.05) is 0 Å². The van der Waals surface area contributed by atoms with Crippen LogP contribution >= 0.6 is 0 Å². The molecular formula is C12H18N2O4S2. The van der Waals surface area contributed by atoms with Crippen molar-refractivity contribution in [3.63, 3.8) is 0 Å². The normalized spacial score (nSPS) is 18.1. The fourth-order valence-corrected chi connectivity index (χ4v) is 4.31. The number of rotatable bonds is 4. The van der Waals surface area contributed by atoms with Gasteiger partial charge in [0.25, 0.3) is 0 Å². The SMILES string of the molecule is NS(=O)(=O)c1cccc(S(=O)(=O)NC2CCCCC2)c1. The molecule has 0 aromatic heterocycles. The zero-order valence-corrected chi connectivity index (χ0v) is 12.6. The van der Waals surface area contributed by atoms with Crippen LogP contribution in [0.2, 0.25) is 0 Å². The molecule has 0 saturated heterocycles. The Balaban J connectivity index is 2.25. The molecule has 1 aliphatic rings. The zero-order valence-electron chi connectivity index (χ0n) is 10.9. The number of benzene rings is 1. The van der Waals surface area contributed by atoms with Crippen molar-refractivity contribution in [1.29, 1.82) is 0 Å². The van der Waals surface area contributed by atoms with Gasteiger partial charge in [-0.3, -0.25) is 0 Å². The first-order valence-electron chi connectivity index (χ1n) is 6.44. The summed E-state index contributed by atoms with van der Waals surface area (Å²) in [5.41, 5.74) is 0. The van der Waals surface area contributed by atoms with E-state index < -0.39 is 20.0 Å². The minimum atomic E-state index is -3.91. The van der Waals surface area contributed by atoms with Crippen LogP contribution in [0.25, 0.3) is 0 Å². The van der Waals surface area contributed by atoms with Gasteiger partial charge in [0.15, 0.2) is 0 Å². The quantitative estimate of drug-likeness (QED) is 0.861. The Morgan fingerprint density at radius 2 is 1.60 bits per heavy atom. The third-order valence-corrected chi connectivity index (χ3v) is 5.80. The molecule has 1 fully saturated rings. The van der Waals surface area contributed by atoms with Crippen LogP contribution in [0.1, 0.15) is 32.1 Å². The summed E-state index contributed by atoms with van der Waals surface area (Å²) < 4.78 is 49.6. The van der Waals surface area contributed by atoms with Gasteiger partial charge in [0, 0.05) is 6.04 Å². The third-order valence-electron chi connectivity index (χ3n) is 3.37. The Hall–Kier alpha value is -0.960. The van der Waals surface area contributed by atoms with Crippen LogP contribution in [0.3, 0.4) is 0 Å². The van der Waals surface area contributed by atoms with E-state index in [2.05, 4.69) is 4.72 Å². The number of primary sulfonamides is 1. The van der Waals surface area contributed by atoms with Crippen molar-refractivity contribution in [1.82, 2.24) is 4.72 Å². The average Bonchev–Trinajstić information content (AvgIpc) is 2.38. The first kappa shape index (κ1) is 15.4. The summed E-state index contributed by atoms with van der Waals surface area (Å²) in [7, 11) is -7.62. The van der Waals surface area contributed by atoms with Crippen LogP contribution in [-0.2, 0) is 20.0 Å². The third kappa shape index (κ3) is 3.78. The summed E-state index contributed by atoms with van der Waals surface area (Å²) in [6.07, 6.45) is 4.76. The van der Waals surface area contributed by atoms with Gasteiger partial charge in [0.1, 0.15) is 0 Å². The molecule has 1 aliphatic carbocycles. The summed E-state index contributed by atoms with van der Waals surface area (Å²) in [4.78, 5) is -0.279. The summed E-state index contributed by atoms with van der Waals surface area (Å²) in [5.74, 6) is 0. The Bertz CT molecular complexity index is 677. The molecule has 3 N–H and O–H groups in total. The molecule has 0 spiro atoms. The molecule has 0 bridgehead atoms. The molecule has 0 heterocycles. The minimum Gasteiger partial charge on any atom is -0.225 e. The fraction of sp³-hybridized carbons (Fsp3) is 0.500. The van der Waals surface area contributed by atoms with Crippen LogP contribution in [0, 0.1) is 0 Å². The number of nitrogens with one attached hydrogen (secondary N) is 1. The van der Waals surface area contributed by atoms with Gasteiger partial charge in [0.2, 0.25) is 20.0 Å². The Morgan fingerprint density at radius 1 is 1.00 bits per heavy atom. The van der Waals surface area contributed by atoms with Gasteiger partial charge in [-0.15, -0.1) is 0 Å². The molecule has 0 aliphatic heterocycles. The number of hydrogen-bond donors (Lipinski definition) is 2. The van der Waals surface area contributed by atoms with Crippen molar-refractivity contribution in [3.8, 4) is 0 Å². The topological polar surface area (TPSA) is 106 Å². The maximum atomic E-state index is 12.2. The second kappa shape index (κ2) is 5.80. The van der Waals surface area contributed by atoms with E-state index in [1.54, 1.807) is 0 Å². The lowest BCUT2D eigenvalue weighted by atomic mass is 9.96. The highest BCUT2D eigenvalue weighted by molar-refractivity contribution is 7.90. The molecule has 20 heavy (non-hydrogen) atoms. The van der Waals surface area contributed by atoms with E-state index in [0.717, 1.165) is 38.2 Å².